The van der Waals surface area contributed by atoms with Crippen molar-refractivity contribution in [2.75, 3.05) is 36.9 Å². The first kappa shape index (κ1) is 9.81. The summed E-state index contributed by atoms with van der Waals surface area (Å²) in [5.41, 5.74) is 7.86. The van der Waals surface area contributed by atoms with E-state index in [9.17, 15) is 0 Å². The Morgan fingerprint density at radius 3 is 2.73 bits per heavy atom. The molecule has 1 aliphatic heterocycles. The van der Waals surface area contributed by atoms with Crippen molar-refractivity contribution < 1.29 is 4.74 Å². The highest BCUT2D eigenvalue weighted by Gasteiger charge is 2.14. The van der Waals surface area contributed by atoms with Gasteiger partial charge >= 0.3 is 0 Å². The Kier molecular flexibility index (Phi) is 2.75. The second-order valence-corrected chi connectivity index (χ2v) is 3.49. The van der Waals surface area contributed by atoms with Crippen LogP contribution >= 0.6 is 0 Å². The zero-order chi connectivity index (χ0) is 10.7. The monoisotopic (exact) mass is 203 g/mol. The molecule has 0 atom stereocenters. The average Bonchev–Trinajstić information content (AvgIpc) is 2.30. The van der Waals surface area contributed by atoms with Gasteiger partial charge < -0.3 is 15.4 Å². The minimum atomic E-state index is 0.628. The zero-order valence-electron chi connectivity index (χ0n) is 8.44. The molecule has 15 heavy (non-hydrogen) atoms. The lowest BCUT2D eigenvalue weighted by molar-refractivity contribution is 0.122. The van der Waals surface area contributed by atoms with E-state index in [0.717, 1.165) is 32.0 Å². The zero-order valence-corrected chi connectivity index (χ0v) is 8.44. The summed E-state index contributed by atoms with van der Waals surface area (Å²) in [6, 6.07) is 7.61. The number of anilines is 2. The third-order valence-electron chi connectivity index (χ3n) is 2.49. The molecular formula is C11H13N3O. The molecule has 0 bridgehead atoms. The van der Waals surface area contributed by atoms with Gasteiger partial charge in [0, 0.05) is 18.8 Å². The molecule has 0 unspecified atom stereocenters. The first-order chi connectivity index (χ1) is 7.31. The molecule has 1 fully saturated rings. The van der Waals surface area contributed by atoms with Crippen LogP contribution in [0.2, 0.25) is 0 Å². The minimum Gasteiger partial charge on any atom is -0.399 e. The highest BCUT2D eigenvalue weighted by molar-refractivity contribution is 5.64. The number of nitrogens with two attached hydrogens (primary N) is 1. The van der Waals surface area contributed by atoms with Gasteiger partial charge in [-0.3, -0.25) is 0 Å². The van der Waals surface area contributed by atoms with Crippen LogP contribution in [0.3, 0.4) is 0 Å². The molecule has 2 rings (SSSR count). The Labute approximate surface area is 88.9 Å². The molecule has 4 heteroatoms. The summed E-state index contributed by atoms with van der Waals surface area (Å²) in [7, 11) is 0. The fourth-order valence-corrected chi connectivity index (χ4v) is 1.72. The summed E-state index contributed by atoms with van der Waals surface area (Å²) in [5.74, 6) is 0. The number of morpholine rings is 1. The maximum Gasteiger partial charge on any atom is 0.101 e. The van der Waals surface area contributed by atoms with Crippen LogP contribution in [0.25, 0.3) is 0 Å². The van der Waals surface area contributed by atoms with Gasteiger partial charge in [-0.15, -0.1) is 0 Å². The Morgan fingerprint density at radius 2 is 2.07 bits per heavy atom. The van der Waals surface area contributed by atoms with Crippen LogP contribution in [0.1, 0.15) is 5.56 Å². The first-order valence-electron chi connectivity index (χ1n) is 4.93. The smallest absolute Gasteiger partial charge is 0.101 e. The maximum atomic E-state index is 9.01. The van der Waals surface area contributed by atoms with Crippen molar-refractivity contribution >= 4 is 11.4 Å². The van der Waals surface area contributed by atoms with E-state index in [0.29, 0.717) is 11.3 Å². The minimum absolute atomic E-state index is 0.628. The summed E-state index contributed by atoms with van der Waals surface area (Å²) in [6.07, 6.45) is 0. The summed E-state index contributed by atoms with van der Waals surface area (Å²) in [4.78, 5) is 2.15. The van der Waals surface area contributed by atoms with E-state index in [-0.39, 0.29) is 0 Å². The van der Waals surface area contributed by atoms with Crippen LogP contribution in [-0.4, -0.2) is 26.3 Å². The van der Waals surface area contributed by atoms with Crippen molar-refractivity contribution in [3.63, 3.8) is 0 Å². The molecule has 0 spiro atoms. The van der Waals surface area contributed by atoms with Crippen LogP contribution in [-0.2, 0) is 4.74 Å². The number of benzene rings is 1. The highest BCUT2D eigenvalue weighted by Crippen LogP contribution is 2.23. The summed E-state index contributed by atoms with van der Waals surface area (Å²) >= 11 is 0. The van der Waals surface area contributed by atoms with Crippen molar-refractivity contribution in [1.82, 2.24) is 0 Å². The second-order valence-electron chi connectivity index (χ2n) is 3.49. The van der Waals surface area contributed by atoms with Gasteiger partial charge in [0.25, 0.3) is 0 Å². The quantitative estimate of drug-likeness (QED) is 0.691. The van der Waals surface area contributed by atoms with E-state index in [1.807, 2.05) is 12.1 Å². The van der Waals surface area contributed by atoms with Gasteiger partial charge in [0.15, 0.2) is 0 Å². The van der Waals surface area contributed by atoms with E-state index in [4.69, 9.17) is 15.7 Å². The molecule has 1 heterocycles. The summed E-state index contributed by atoms with van der Waals surface area (Å²) in [5, 5.41) is 9.01. The second kappa shape index (κ2) is 4.20. The van der Waals surface area contributed by atoms with Gasteiger partial charge in [0.1, 0.15) is 6.07 Å². The number of rotatable bonds is 1. The van der Waals surface area contributed by atoms with Crippen molar-refractivity contribution in [2.24, 2.45) is 0 Å². The van der Waals surface area contributed by atoms with Crippen LogP contribution in [0.4, 0.5) is 11.4 Å². The number of nitrogen functional groups attached to an aromatic ring is 1. The number of hydrogen-bond acceptors (Lipinski definition) is 4. The van der Waals surface area contributed by atoms with Crippen LogP contribution in [0.5, 0.6) is 0 Å². The molecule has 1 saturated heterocycles. The molecule has 1 aliphatic rings. The number of hydrogen-bond donors (Lipinski definition) is 1. The molecule has 0 aromatic heterocycles. The molecule has 0 radical (unpaired) electrons. The van der Waals surface area contributed by atoms with Gasteiger partial charge in [-0.2, -0.15) is 5.26 Å². The Morgan fingerprint density at radius 1 is 1.33 bits per heavy atom. The molecule has 0 saturated carbocycles. The normalized spacial score (nSPS) is 16.1. The molecule has 1 aromatic rings. The molecule has 78 valence electrons. The topological polar surface area (TPSA) is 62.3 Å². The maximum absolute atomic E-state index is 9.01. The Bertz CT molecular complexity index is 391. The molecule has 0 amide bonds. The van der Waals surface area contributed by atoms with Gasteiger partial charge in [-0.1, -0.05) is 0 Å². The third kappa shape index (κ3) is 2.03. The number of nitriles is 1. The number of ether oxygens (including phenoxy) is 1. The molecular weight excluding hydrogens is 190 g/mol. The lowest BCUT2D eigenvalue weighted by Crippen LogP contribution is -2.36. The van der Waals surface area contributed by atoms with Gasteiger partial charge in [0.05, 0.1) is 24.5 Å². The van der Waals surface area contributed by atoms with Gasteiger partial charge in [0.2, 0.25) is 0 Å². The molecule has 2 N–H and O–H groups in total. The largest absolute Gasteiger partial charge is 0.399 e. The van der Waals surface area contributed by atoms with Crippen LogP contribution < -0.4 is 10.6 Å². The third-order valence-corrected chi connectivity index (χ3v) is 2.49. The lowest BCUT2D eigenvalue weighted by Gasteiger charge is -2.29. The van der Waals surface area contributed by atoms with Crippen LogP contribution in [0.15, 0.2) is 18.2 Å². The predicted octanol–water partition coefficient (Wildman–Crippen LogP) is 0.977. The van der Waals surface area contributed by atoms with E-state index in [2.05, 4.69) is 11.0 Å². The summed E-state index contributed by atoms with van der Waals surface area (Å²) in [6.45, 7) is 3.10. The van der Waals surface area contributed by atoms with E-state index < -0.39 is 0 Å². The van der Waals surface area contributed by atoms with Crippen molar-refractivity contribution in [2.45, 2.75) is 0 Å². The fraction of sp³-hybridized carbons (Fsp3) is 0.364. The van der Waals surface area contributed by atoms with Crippen molar-refractivity contribution in [3.05, 3.63) is 23.8 Å². The predicted molar refractivity (Wildman–Crippen MR) is 58.6 cm³/mol. The van der Waals surface area contributed by atoms with Crippen molar-refractivity contribution in [1.29, 1.82) is 5.26 Å². The molecule has 4 nitrogen and oxygen atoms in total. The first-order valence-corrected chi connectivity index (χ1v) is 4.93. The SMILES string of the molecule is N#Cc1cc(N)ccc1N1CCOCC1. The van der Waals surface area contributed by atoms with E-state index >= 15 is 0 Å². The van der Waals surface area contributed by atoms with Crippen LogP contribution in [0, 0.1) is 11.3 Å². The fourth-order valence-electron chi connectivity index (χ4n) is 1.72. The molecule has 0 aliphatic carbocycles. The van der Waals surface area contributed by atoms with Gasteiger partial charge in [-0.25, -0.2) is 0 Å². The lowest BCUT2D eigenvalue weighted by atomic mass is 10.1. The number of nitrogens with zero attached hydrogens (tertiary/aromatic N) is 2. The van der Waals surface area contributed by atoms with Gasteiger partial charge in [-0.05, 0) is 18.2 Å². The molecule has 1 aromatic carbocycles. The van der Waals surface area contributed by atoms with Crippen molar-refractivity contribution in [3.8, 4) is 6.07 Å². The standard InChI is InChI=1S/C11H13N3O/c12-8-9-7-10(13)1-2-11(9)14-3-5-15-6-4-14/h1-2,7H,3-6,13H2. The van der Waals surface area contributed by atoms with E-state index in [1.165, 1.54) is 0 Å². The van der Waals surface area contributed by atoms with E-state index in [1.54, 1.807) is 6.07 Å². The Hall–Kier alpha value is -1.73. The highest BCUT2D eigenvalue weighted by atomic mass is 16.5. The Balaban J connectivity index is 2.30. The average molecular weight is 203 g/mol. The summed E-state index contributed by atoms with van der Waals surface area (Å²) < 4.78 is 5.27.